The van der Waals surface area contributed by atoms with Crippen molar-refractivity contribution in [3.05, 3.63) is 100 Å². The Kier molecular flexibility index (Phi) is 7.84. The lowest BCUT2D eigenvalue weighted by molar-refractivity contribution is 0.0798. The van der Waals surface area contributed by atoms with Crippen molar-refractivity contribution in [3.63, 3.8) is 0 Å². The molecule has 0 spiro atoms. The molecule has 2 aliphatic heterocycles. The van der Waals surface area contributed by atoms with Gasteiger partial charge >= 0.3 is 0 Å². The number of amides is 1. The van der Waals surface area contributed by atoms with Crippen LogP contribution < -0.4 is 0 Å². The van der Waals surface area contributed by atoms with Crippen LogP contribution in [0.4, 0.5) is 8.78 Å². The van der Waals surface area contributed by atoms with Gasteiger partial charge in [0.05, 0.1) is 11.3 Å². The Bertz CT molecular complexity index is 1280. The predicted molar refractivity (Wildman–Crippen MR) is 144 cm³/mol. The standard InChI is InChI=1S/C31H33F2N3O2/c1-34-18-15-28(37)30-27(31(34)38)14-21-36(30)17-3-2-16-35-19-12-24(13-20-35)29(22-4-8-25(32)9-5-22)23-6-10-26(33)11-7-23/h4-11,14,21H,2-3,12-13,15-20H2,1H3. The number of aryl methyl sites for hydroxylation is 1. The van der Waals surface area contributed by atoms with E-state index in [2.05, 4.69) is 4.90 Å². The summed E-state index contributed by atoms with van der Waals surface area (Å²) in [5.74, 6) is -0.587. The second-order valence-electron chi connectivity index (χ2n) is 10.2. The monoisotopic (exact) mass is 517 g/mol. The maximum atomic E-state index is 13.6. The van der Waals surface area contributed by atoms with Gasteiger partial charge in [-0.3, -0.25) is 9.59 Å². The molecule has 1 aromatic heterocycles. The van der Waals surface area contributed by atoms with Crippen molar-refractivity contribution in [2.45, 2.75) is 38.6 Å². The SMILES string of the molecule is CN1CCC(=O)c2c(ccn2CCCCN2CCC(=C(c3ccc(F)cc3)c3ccc(F)cc3)CC2)C1=O. The fraction of sp³-hybridized carbons (Fsp3) is 0.355. The first-order valence-corrected chi connectivity index (χ1v) is 13.3. The predicted octanol–water partition coefficient (Wildman–Crippen LogP) is 5.80. The molecule has 1 fully saturated rings. The fourth-order valence-electron chi connectivity index (χ4n) is 5.56. The topological polar surface area (TPSA) is 45.6 Å². The minimum Gasteiger partial charge on any atom is -0.344 e. The molecule has 0 aliphatic carbocycles. The zero-order chi connectivity index (χ0) is 26.6. The van der Waals surface area contributed by atoms with Crippen LogP contribution >= 0.6 is 0 Å². The van der Waals surface area contributed by atoms with Crippen LogP contribution in [0, 0.1) is 11.6 Å². The number of nitrogens with zero attached hydrogens (tertiary/aromatic N) is 3. The summed E-state index contributed by atoms with van der Waals surface area (Å²) in [6.45, 7) is 4.01. The van der Waals surface area contributed by atoms with E-state index in [1.165, 1.54) is 29.8 Å². The Morgan fingerprint density at radius 3 is 1.95 bits per heavy atom. The largest absolute Gasteiger partial charge is 0.344 e. The van der Waals surface area contributed by atoms with Crippen LogP contribution in [-0.4, -0.2) is 59.3 Å². The molecule has 2 aromatic carbocycles. The van der Waals surface area contributed by atoms with Gasteiger partial charge in [-0.25, -0.2) is 8.78 Å². The summed E-state index contributed by atoms with van der Waals surface area (Å²) in [6.07, 6.45) is 5.95. The van der Waals surface area contributed by atoms with E-state index in [4.69, 9.17) is 0 Å². The maximum Gasteiger partial charge on any atom is 0.255 e. The number of piperidine rings is 1. The number of benzene rings is 2. The Hall–Kier alpha value is -3.58. The van der Waals surface area contributed by atoms with Gasteiger partial charge in [-0.15, -0.1) is 0 Å². The summed E-state index contributed by atoms with van der Waals surface area (Å²) < 4.78 is 29.1. The smallest absolute Gasteiger partial charge is 0.255 e. The molecule has 5 nitrogen and oxygen atoms in total. The number of halogens is 2. The molecule has 3 aromatic rings. The number of rotatable bonds is 7. The molecule has 0 atom stereocenters. The lowest BCUT2D eigenvalue weighted by Crippen LogP contribution is -2.32. The van der Waals surface area contributed by atoms with E-state index in [0.717, 1.165) is 68.6 Å². The summed E-state index contributed by atoms with van der Waals surface area (Å²) in [5, 5.41) is 0. The minimum atomic E-state index is -0.272. The normalized spacial score (nSPS) is 16.5. The molecule has 0 N–H and O–H groups in total. The van der Waals surface area contributed by atoms with Crippen LogP contribution in [-0.2, 0) is 6.54 Å². The van der Waals surface area contributed by atoms with Crippen LogP contribution in [0.5, 0.6) is 0 Å². The zero-order valence-electron chi connectivity index (χ0n) is 21.8. The molecule has 1 amide bonds. The first kappa shape index (κ1) is 26.0. The van der Waals surface area contributed by atoms with Gasteiger partial charge in [0.2, 0.25) is 0 Å². The highest BCUT2D eigenvalue weighted by molar-refractivity contribution is 6.08. The summed E-state index contributed by atoms with van der Waals surface area (Å²) in [6, 6.07) is 14.9. The molecular formula is C31H33F2N3O2. The van der Waals surface area contributed by atoms with Gasteiger partial charge in [0.25, 0.3) is 5.91 Å². The summed E-state index contributed by atoms with van der Waals surface area (Å²) >= 11 is 0. The van der Waals surface area contributed by atoms with Crippen molar-refractivity contribution in [1.82, 2.24) is 14.4 Å². The van der Waals surface area contributed by atoms with Crippen molar-refractivity contribution in [2.24, 2.45) is 0 Å². The van der Waals surface area contributed by atoms with Gasteiger partial charge in [-0.1, -0.05) is 29.8 Å². The number of fused-ring (bicyclic) bond motifs is 1. The number of likely N-dealkylation sites (tertiary alicyclic amines) is 1. The van der Waals surface area contributed by atoms with Gasteiger partial charge in [0.1, 0.15) is 11.6 Å². The molecule has 0 radical (unpaired) electrons. The quantitative estimate of drug-likeness (QED) is 0.372. The highest BCUT2D eigenvalue weighted by Crippen LogP contribution is 2.33. The van der Waals surface area contributed by atoms with Crippen LogP contribution in [0.2, 0.25) is 0 Å². The molecule has 3 heterocycles. The second kappa shape index (κ2) is 11.4. The van der Waals surface area contributed by atoms with Gasteiger partial charge in [-0.2, -0.15) is 0 Å². The average molecular weight is 518 g/mol. The fourth-order valence-corrected chi connectivity index (χ4v) is 5.56. The summed E-state index contributed by atoms with van der Waals surface area (Å²) in [7, 11) is 1.74. The van der Waals surface area contributed by atoms with Gasteiger partial charge in [-0.05, 0) is 79.3 Å². The number of aromatic nitrogens is 1. The molecule has 0 unspecified atom stereocenters. The van der Waals surface area contributed by atoms with Crippen LogP contribution in [0.1, 0.15) is 64.1 Å². The first-order valence-electron chi connectivity index (χ1n) is 13.3. The zero-order valence-corrected chi connectivity index (χ0v) is 21.8. The number of carbonyl (C=O) groups excluding carboxylic acids is 2. The summed E-state index contributed by atoms with van der Waals surface area (Å²) in [5.41, 5.74) is 5.35. The van der Waals surface area contributed by atoms with E-state index >= 15 is 0 Å². The molecule has 7 heteroatoms. The Labute approximate surface area is 222 Å². The van der Waals surface area contributed by atoms with E-state index in [9.17, 15) is 18.4 Å². The van der Waals surface area contributed by atoms with Crippen LogP contribution in [0.15, 0.2) is 66.4 Å². The summed E-state index contributed by atoms with van der Waals surface area (Å²) in [4.78, 5) is 29.2. The lowest BCUT2D eigenvalue weighted by atomic mass is 9.88. The van der Waals surface area contributed by atoms with Crippen molar-refractivity contribution in [1.29, 1.82) is 0 Å². The van der Waals surface area contributed by atoms with Crippen molar-refractivity contribution in [2.75, 3.05) is 33.2 Å². The van der Waals surface area contributed by atoms with Crippen LogP contribution in [0.3, 0.4) is 0 Å². The van der Waals surface area contributed by atoms with E-state index < -0.39 is 0 Å². The van der Waals surface area contributed by atoms with E-state index in [0.29, 0.717) is 24.2 Å². The van der Waals surface area contributed by atoms with Crippen molar-refractivity contribution < 1.29 is 18.4 Å². The lowest BCUT2D eigenvalue weighted by Gasteiger charge is -2.30. The number of hydrogen-bond donors (Lipinski definition) is 0. The maximum absolute atomic E-state index is 13.6. The Morgan fingerprint density at radius 1 is 0.763 bits per heavy atom. The highest BCUT2D eigenvalue weighted by Gasteiger charge is 2.28. The second-order valence-corrected chi connectivity index (χ2v) is 10.2. The van der Waals surface area contributed by atoms with Crippen molar-refractivity contribution in [3.8, 4) is 0 Å². The first-order chi connectivity index (χ1) is 18.4. The highest BCUT2D eigenvalue weighted by atomic mass is 19.1. The molecule has 0 bridgehead atoms. The van der Waals surface area contributed by atoms with Gasteiger partial charge in [0.15, 0.2) is 5.78 Å². The molecule has 1 saturated heterocycles. The van der Waals surface area contributed by atoms with E-state index in [1.54, 1.807) is 42.3 Å². The molecule has 198 valence electrons. The third-order valence-electron chi connectivity index (χ3n) is 7.68. The molecule has 5 rings (SSSR count). The van der Waals surface area contributed by atoms with Gasteiger partial charge < -0.3 is 14.4 Å². The van der Waals surface area contributed by atoms with Crippen LogP contribution in [0.25, 0.3) is 5.57 Å². The third-order valence-corrected chi connectivity index (χ3v) is 7.68. The third kappa shape index (κ3) is 5.63. The number of Topliss-reactive ketones (excluding diaryl/α,β-unsaturated/α-hetero) is 1. The van der Waals surface area contributed by atoms with E-state index in [-0.39, 0.29) is 23.3 Å². The molecule has 38 heavy (non-hydrogen) atoms. The van der Waals surface area contributed by atoms with Crippen molar-refractivity contribution >= 4 is 17.3 Å². The number of hydrogen-bond acceptors (Lipinski definition) is 3. The molecular weight excluding hydrogens is 484 g/mol. The number of carbonyl (C=O) groups is 2. The number of ketones is 1. The Balaban J connectivity index is 1.20. The van der Waals surface area contributed by atoms with Gasteiger partial charge in [0, 0.05) is 45.8 Å². The molecule has 2 aliphatic rings. The Morgan fingerprint density at radius 2 is 1.34 bits per heavy atom. The molecule has 0 saturated carbocycles. The average Bonchev–Trinajstić information content (AvgIpc) is 3.32. The minimum absolute atomic E-state index is 0.0381. The number of unbranched alkanes of at least 4 members (excludes halogenated alkanes) is 1. The van der Waals surface area contributed by atoms with E-state index in [1.807, 2.05) is 10.8 Å².